The first-order valence-electron chi connectivity index (χ1n) is 6.61. The average Bonchev–Trinajstić information content (AvgIpc) is 2.27. The normalized spacial score (nSPS) is 20.9. The first kappa shape index (κ1) is 13.2. The van der Waals surface area contributed by atoms with Crippen LogP contribution in [0, 0.1) is 13.8 Å². The molecule has 100 valence electrons. The van der Waals surface area contributed by atoms with Gasteiger partial charge in [-0.3, -0.25) is 0 Å². The number of nitrogens with zero attached hydrogens (tertiary/aromatic N) is 3. The fourth-order valence-electron chi connectivity index (χ4n) is 2.35. The average molecular weight is 249 g/mol. The third-order valence-electron chi connectivity index (χ3n) is 3.22. The standard InChI is InChI=1S/C13H23N5/c1-10-8-11(2)17-13(16-10)15-5-4-12-9-18(3)7-6-14-12/h8,12,14H,4-7,9H2,1-3H3,(H,15,16,17). The Morgan fingerprint density at radius 3 is 2.78 bits per heavy atom. The second-order valence-electron chi connectivity index (χ2n) is 5.10. The van der Waals surface area contributed by atoms with Crippen molar-refractivity contribution < 1.29 is 0 Å². The Morgan fingerprint density at radius 1 is 1.39 bits per heavy atom. The number of aromatic nitrogens is 2. The highest BCUT2D eigenvalue weighted by Crippen LogP contribution is 2.05. The van der Waals surface area contributed by atoms with Gasteiger partial charge in [-0.05, 0) is 33.4 Å². The van der Waals surface area contributed by atoms with Crippen LogP contribution >= 0.6 is 0 Å². The summed E-state index contributed by atoms with van der Waals surface area (Å²) in [6, 6.07) is 2.56. The summed E-state index contributed by atoms with van der Waals surface area (Å²) in [4.78, 5) is 11.1. The molecule has 0 aliphatic carbocycles. The molecule has 1 unspecified atom stereocenters. The highest BCUT2D eigenvalue weighted by Gasteiger charge is 2.15. The molecule has 0 spiro atoms. The molecule has 5 heteroatoms. The molecule has 1 fully saturated rings. The van der Waals surface area contributed by atoms with Gasteiger partial charge in [-0.1, -0.05) is 0 Å². The molecule has 2 rings (SSSR count). The van der Waals surface area contributed by atoms with Gasteiger partial charge in [0.2, 0.25) is 5.95 Å². The van der Waals surface area contributed by atoms with Crippen molar-refractivity contribution in [3.05, 3.63) is 17.5 Å². The van der Waals surface area contributed by atoms with Crippen molar-refractivity contribution >= 4 is 5.95 Å². The van der Waals surface area contributed by atoms with Gasteiger partial charge in [-0.2, -0.15) is 0 Å². The van der Waals surface area contributed by atoms with Crippen molar-refractivity contribution in [3.63, 3.8) is 0 Å². The number of rotatable bonds is 4. The fraction of sp³-hybridized carbons (Fsp3) is 0.692. The lowest BCUT2D eigenvalue weighted by Gasteiger charge is -2.30. The predicted molar refractivity (Wildman–Crippen MR) is 73.9 cm³/mol. The quantitative estimate of drug-likeness (QED) is 0.826. The number of hydrogen-bond acceptors (Lipinski definition) is 5. The first-order chi connectivity index (χ1) is 8.63. The van der Waals surface area contributed by atoms with Crippen LogP contribution in [-0.4, -0.2) is 54.1 Å². The zero-order valence-electron chi connectivity index (χ0n) is 11.5. The third-order valence-corrected chi connectivity index (χ3v) is 3.22. The Labute approximate surface area is 109 Å². The number of anilines is 1. The number of aryl methyl sites for hydroxylation is 2. The van der Waals surface area contributed by atoms with Crippen molar-refractivity contribution in [3.8, 4) is 0 Å². The molecule has 1 atom stereocenters. The Kier molecular flexibility index (Phi) is 4.49. The van der Waals surface area contributed by atoms with Gasteiger partial charge in [0.15, 0.2) is 0 Å². The van der Waals surface area contributed by atoms with Gasteiger partial charge >= 0.3 is 0 Å². The molecular weight excluding hydrogens is 226 g/mol. The molecule has 0 radical (unpaired) electrons. The maximum absolute atomic E-state index is 4.38. The minimum absolute atomic E-state index is 0.571. The monoisotopic (exact) mass is 249 g/mol. The van der Waals surface area contributed by atoms with Gasteiger partial charge < -0.3 is 15.5 Å². The van der Waals surface area contributed by atoms with Crippen molar-refractivity contribution in [1.82, 2.24) is 20.2 Å². The lowest BCUT2D eigenvalue weighted by atomic mass is 10.1. The summed E-state index contributed by atoms with van der Waals surface area (Å²) in [6.45, 7) is 8.25. The molecule has 0 aromatic carbocycles. The molecule has 1 aromatic rings. The molecule has 1 aliphatic rings. The highest BCUT2D eigenvalue weighted by molar-refractivity contribution is 5.27. The van der Waals surface area contributed by atoms with Crippen molar-refractivity contribution in [2.75, 3.05) is 38.5 Å². The summed E-state index contributed by atoms with van der Waals surface area (Å²) in [7, 11) is 2.17. The van der Waals surface area contributed by atoms with Gasteiger partial charge in [-0.25, -0.2) is 9.97 Å². The Morgan fingerprint density at radius 2 is 2.11 bits per heavy atom. The summed E-state index contributed by atoms with van der Waals surface area (Å²) in [5.41, 5.74) is 2.03. The van der Waals surface area contributed by atoms with Gasteiger partial charge in [0, 0.05) is 43.6 Å². The molecule has 5 nitrogen and oxygen atoms in total. The van der Waals surface area contributed by atoms with E-state index < -0.39 is 0 Å². The van der Waals surface area contributed by atoms with E-state index in [1.807, 2.05) is 19.9 Å². The summed E-state index contributed by atoms with van der Waals surface area (Å²) >= 11 is 0. The minimum atomic E-state index is 0.571. The SMILES string of the molecule is Cc1cc(C)nc(NCCC2CN(C)CCN2)n1. The number of likely N-dealkylation sites (N-methyl/N-ethyl adjacent to an activating group) is 1. The highest BCUT2D eigenvalue weighted by atomic mass is 15.2. The maximum Gasteiger partial charge on any atom is 0.223 e. The van der Waals surface area contributed by atoms with Gasteiger partial charge in [0.1, 0.15) is 0 Å². The predicted octanol–water partition coefficient (Wildman–Crippen LogP) is 0.799. The smallest absolute Gasteiger partial charge is 0.223 e. The van der Waals surface area contributed by atoms with Crippen LogP contribution in [0.25, 0.3) is 0 Å². The van der Waals surface area contributed by atoms with Gasteiger partial charge in [0.05, 0.1) is 0 Å². The zero-order valence-corrected chi connectivity index (χ0v) is 11.5. The van der Waals surface area contributed by atoms with E-state index in [0.717, 1.165) is 49.9 Å². The molecular formula is C13H23N5. The Hall–Kier alpha value is -1.20. The van der Waals surface area contributed by atoms with Crippen LogP contribution in [0.2, 0.25) is 0 Å². The first-order valence-corrected chi connectivity index (χ1v) is 6.61. The largest absolute Gasteiger partial charge is 0.354 e. The number of nitrogens with one attached hydrogen (secondary N) is 2. The van der Waals surface area contributed by atoms with Gasteiger partial charge in [0.25, 0.3) is 0 Å². The van der Waals surface area contributed by atoms with E-state index in [-0.39, 0.29) is 0 Å². The summed E-state index contributed by atoms with van der Waals surface area (Å²) in [5, 5.41) is 6.84. The van der Waals surface area contributed by atoms with Crippen LogP contribution < -0.4 is 10.6 Å². The van der Waals surface area contributed by atoms with Crippen LogP contribution in [0.4, 0.5) is 5.95 Å². The maximum atomic E-state index is 4.38. The molecule has 2 heterocycles. The number of hydrogen-bond donors (Lipinski definition) is 2. The van der Waals surface area contributed by atoms with Gasteiger partial charge in [-0.15, -0.1) is 0 Å². The molecule has 0 saturated carbocycles. The second-order valence-corrected chi connectivity index (χ2v) is 5.10. The Bertz CT molecular complexity index is 373. The summed E-state index contributed by atoms with van der Waals surface area (Å²) < 4.78 is 0. The molecule has 2 N–H and O–H groups in total. The Balaban J connectivity index is 1.77. The summed E-state index contributed by atoms with van der Waals surface area (Å²) in [6.07, 6.45) is 1.10. The van der Waals surface area contributed by atoms with Crippen LogP contribution in [0.5, 0.6) is 0 Å². The van der Waals surface area contributed by atoms with Crippen molar-refractivity contribution in [2.45, 2.75) is 26.3 Å². The topological polar surface area (TPSA) is 53.1 Å². The minimum Gasteiger partial charge on any atom is -0.354 e. The summed E-state index contributed by atoms with van der Waals surface area (Å²) in [5.74, 6) is 0.747. The molecule has 18 heavy (non-hydrogen) atoms. The van der Waals surface area contributed by atoms with E-state index in [2.05, 4.69) is 32.5 Å². The van der Waals surface area contributed by atoms with E-state index in [0.29, 0.717) is 6.04 Å². The van der Waals surface area contributed by atoms with E-state index >= 15 is 0 Å². The lowest BCUT2D eigenvalue weighted by Crippen LogP contribution is -2.49. The van der Waals surface area contributed by atoms with E-state index in [4.69, 9.17) is 0 Å². The molecule has 1 aromatic heterocycles. The van der Waals surface area contributed by atoms with E-state index in [1.54, 1.807) is 0 Å². The van der Waals surface area contributed by atoms with Crippen LogP contribution in [0.15, 0.2) is 6.07 Å². The van der Waals surface area contributed by atoms with Crippen LogP contribution in [0.1, 0.15) is 17.8 Å². The fourth-order valence-corrected chi connectivity index (χ4v) is 2.35. The van der Waals surface area contributed by atoms with Crippen LogP contribution in [0.3, 0.4) is 0 Å². The van der Waals surface area contributed by atoms with Crippen LogP contribution in [-0.2, 0) is 0 Å². The van der Waals surface area contributed by atoms with E-state index in [9.17, 15) is 0 Å². The second kappa shape index (κ2) is 6.11. The zero-order chi connectivity index (χ0) is 13.0. The molecule has 0 bridgehead atoms. The lowest BCUT2D eigenvalue weighted by molar-refractivity contribution is 0.234. The van der Waals surface area contributed by atoms with Crippen molar-refractivity contribution in [1.29, 1.82) is 0 Å². The van der Waals surface area contributed by atoms with Crippen molar-refractivity contribution in [2.24, 2.45) is 0 Å². The molecule has 1 saturated heterocycles. The number of piperazine rings is 1. The molecule has 1 aliphatic heterocycles. The third kappa shape index (κ3) is 3.92. The molecule has 0 amide bonds. The van der Waals surface area contributed by atoms with E-state index in [1.165, 1.54) is 0 Å².